The van der Waals surface area contributed by atoms with Gasteiger partial charge in [-0.05, 0) is 43.0 Å². The number of nitrogens with zero attached hydrogens (tertiary/aromatic N) is 2. The van der Waals surface area contributed by atoms with E-state index in [-0.39, 0.29) is 0 Å². The second kappa shape index (κ2) is 3.66. The quantitative estimate of drug-likeness (QED) is 0.762. The average molecular weight is 201 g/mol. The predicted molar refractivity (Wildman–Crippen MR) is 60.0 cm³/mol. The minimum Gasteiger partial charge on any atom is -0.316 e. The highest BCUT2D eigenvalue weighted by Crippen LogP contribution is 2.23. The average Bonchev–Trinajstić information content (AvgIpc) is 2.77. The van der Waals surface area contributed by atoms with Crippen LogP contribution in [0.1, 0.15) is 24.3 Å². The monoisotopic (exact) mass is 201 g/mol. The molecule has 0 spiro atoms. The summed E-state index contributed by atoms with van der Waals surface area (Å²) in [6.45, 7) is 2.27. The minimum absolute atomic E-state index is 0.660. The Hall–Kier alpha value is -1.35. The standard InChI is InChI=1S/C12H15N3/c1-2-10(8-13-6-1)11-3-4-12-5-7-14-15(12)9-11/h3-5,7,9-10,13H,1-2,6,8H2. The molecule has 2 aromatic rings. The van der Waals surface area contributed by atoms with Crippen LogP contribution in [0.3, 0.4) is 0 Å². The third-order valence-electron chi connectivity index (χ3n) is 3.19. The smallest absolute Gasteiger partial charge is 0.0661 e. The summed E-state index contributed by atoms with van der Waals surface area (Å²) in [5, 5.41) is 7.72. The lowest BCUT2D eigenvalue weighted by Crippen LogP contribution is -2.28. The van der Waals surface area contributed by atoms with Crippen LogP contribution in [-0.2, 0) is 0 Å². The molecule has 1 atom stereocenters. The van der Waals surface area contributed by atoms with E-state index in [0.29, 0.717) is 5.92 Å². The largest absolute Gasteiger partial charge is 0.316 e. The fourth-order valence-electron chi connectivity index (χ4n) is 2.31. The zero-order valence-corrected chi connectivity index (χ0v) is 8.69. The highest BCUT2D eigenvalue weighted by Gasteiger charge is 2.15. The van der Waals surface area contributed by atoms with Gasteiger partial charge >= 0.3 is 0 Å². The molecule has 0 saturated carbocycles. The molecule has 1 aliphatic heterocycles. The molecule has 15 heavy (non-hydrogen) atoms. The summed E-state index contributed by atoms with van der Waals surface area (Å²) in [4.78, 5) is 0. The van der Waals surface area contributed by atoms with Gasteiger partial charge in [0.2, 0.25) is 0 Å². The van der Waals surface area contributed by atoms with Gasteiger partial charge in [0.25, 0.3) is 0 Å². The van der Waals surface area contributed by atoms with E-state index in [1.54, 1.807) is 0 Å². The first-order chi connectivity index (χ1) is 7.43. The van der Waals surface area contributed by atoms with Crippen molar-refractivity contribution in [3.63, 3.8) is 0 Å². The van der Waals surface area contributed by atoms with Crippen molar-refractivity contribution in [3.8, 4) is 0 Å². The van der Waals surface area contributed by atoms with Crippen molar-refractivity contribution >= 4 is 5.52 Å². The summed E-state index contributed by atoms with van der Waals surface area (Å²) in [5.41, 5.74) is 2.57. The number of rotatable bonds is 1. The lowest BCUT2D eigenvalue weighted by Gasteiger charge is -2.22. The molecule has 2 aromatic heterocycles. The maximum Gasteiger partial charge on any atom is 0.0661 e. The van der Waals surface area contributed by atoms with Crippen LogP contribution in [0.25, 0.3) is 5.52 Å². The third kappa shape index (κ3) is 1.63. The summed E-state index contributed by atoms with van der Waals surface area (Å²) < 4.78 is 1.96. The Morgan fingerprint density at radius 2 is 2.33 bits per heavy atom. The zero-order valence-electron chi connectivity index (χ0n) is 8.69. The Balaban J connectivity index is 1.95. The van der Waals surface area contributed by atoms with Crippen LogP contribution < -0.4 is 5.32 Å². The molecule has 1 fully saturated rings. The van der Waals surface area contributed by atoms with Gasteiger partial charge in [-0.2, -0.15) is 5.10 Å². The van der Waals surface area contributed by atoms with E-state index >= 15 is 0 Å². The molecule has 3 heterocycles. The van der Waals surface area contributed by atoms with E-state index in [2.05, 4.69) is 28.7 Å². The normalized spacial score (nSPS) is 22.0. The van der Waals surface area contributed by atoms with E-state index < -0.39 is 0 Å². The molecule has 1 N–H and O–H groups in total. The van der Waals surface area contributed by atoms with Crippen molar-refractivity contribution in [3.05, 3.63) is 36.2 Å². The van der Waals surface area contributed by atoms with E-state index in [1.165, 1.54) is 30.5 Å². The van der Waals surface area contributed by atoms with Crippen molar-refractivity contribution < 1.29 is 0 Å². The third-order valence-corrected chi connectivity index (χ3v) is 3.19. The van der Waals surface area contributed by atoms with Crippen LogP contribution in [0.5, 0.6) is 0 Å². The topological polar surface area (TPSA) is 29.3 Å². The highest BCUT2D eigenvalue weighted by molar-refractivity contribution is 5.46. The van der Waals surface area contributed by atoms with Crippen molar-refractivity contribution in [1.29, 1.82) is 0 Å². The molecule has 78 valence electrons. The SMILES string of the molecule is c1cc2ccc(C3CCCNC3)cn2n1. The summed E-state index contributed by atoms with van der Waals surface area (Å²) in [7, 11) is 0. The Morgan fingerprint density at radius 3 is 3.20 bits per heavy atom. The number of pyridine rings is 1. The molecular weight excluding hydrogens is 186 g/mol. The molecular formula is C12H15N3. The fourth-order valence-corrected chi connectivity index (χ4v) is 2.31. The van der Waals surface area contributed by atoms with E-state index in [1.807, 2.05) is 16.8 Å². The van der Waals surface area contributed by atoms with Crippen LogP contribution >= 0.6 is 0 Å². The van der Waals surface area contributed by atoms with Crippen LogP contribution in [0, 0.1) is 0 Å². The van der Waals surface area contributed by atoms with Crippen LogP contribution in [0.15, 0.2) is 30.6 Å². The summed E-state index contributed by atoms with van der Waals surface area (Å²) in [6, 6.07) is 6.41. The van der Waals surface area contributed by atoms with Gasteiger partial charge in [-0.1, -0.05) is 6.07 Å². The number of hydrogen-bond donors (Lipinski definition) is 1. The maximum atomic E-state index is 4.27. The van der Waals surface area contributed by atoms with Crippen molar-refractivity contribution in [2.45, 2.75) is 18.8 Å². The van der Waals surface area contributed by atoms with Gasteiger partial charge < -0.3 is 5.32 Å². The molecule has 0 bridgehead atoms. The number of nitrogens with one attached hydrogen (secondary N) is 1. The number of aromatic nitrogens is 2. The number of fused-ring (bicyclic) bond motifs is 1. The van der Waals surface area contributed by atoms with E-state index in [4.69, 9.17) is 0 Å². The van der Waals surface area contributed by atoms with Gasteiger partial charge in [-0.15, -0.1) is 0 Å². The molecule has 3 rings (SSSR count). The molecule has 0 aliphatic carbocycles. The van der Waals surface area contributed by atoms with Crippen LogP contribution in [-0.4, -0.2) is 22.7 Å². The Bertz CT molecular complexity index is 455. The summed E-state index contributed by atoms with van der Waals surface area (Å²) in [6.07, 6.45) is 6.58. The molecule has 0 radical (unpaired) electrons. The lowest BCUT2D eigenvalue weighted by molar-refractivity contribution is 0.460. The highest BCUT2D eigenvalue weighted by atomic mass is 15.2. The molecule has 0 amide bonds. The first kappa shape index (κ1) is 8.92. The summed E-state index contributed by atoms with van der Waals surface area (Å²) >= 11 is 0. The Kier molecular flexibility index (Phi) is 2.18. The molecule has 1 saturated heterocycles. The summed E-state index contributed by atoms with van der Waals surface area (Å²) in [5.74, 6) is 0.660. The van der Waals surface area contributed by atoms with E-state index in [0.717, 1.165) is 6.54 Å². The van der Waals surface area contributed by atoms with Crippen LogP contribution in [0.2, 0.25) is 0 Å². The number of hydrogen-bond acceptors (Lipinski definition) is 2. The van der Waals surface area contributed by atoms with Gasteiger partial charge in [0.05, 0.1) is 5.52 Å². The molecule has 1 unspecified atom stereocenters. The van der Waals surface area contributed by atoms with Gasteiger partial charge in [-0.3, -0.25) is 0 Å². The zero-order chi connectivity index (χ0) is 10.1. The lowest BCUT2D eigenvalue weighted by atomic mass is 9.93. The first-order valence-corrected chi connectivity index (χ1v) is 5.57. The molecule has 0 aromatic carbocycles. The van der Waals surface area contributed by atoms with Crippen molar-refractivity contribution in [1.82, 2.24) is 14.9 Å². The number of piperidine rings is 1. The van der Waals surface area contributed by atoms with Crippen molar-refractivity contribution in [2.75, 3.05) is 13.1 Å². The van der Waals surface area contributed by atoms with Crippen molar-refractivity contribution in [2.24, 2.45) is 0 Å². The Morgan fingerprint density at radius 1 is 1.33 bits per heavy atom. The maximum absolute atomic E-state index is 4.27. The van der Waals surface area contributed by atoms with Crippen LogP contribution in [0.4, 0.5) is 0 Å². The molecule has 3 heteroatoms. The minimum atomic E-state index is 0.660. The second-order valence-corrected chi connectivity index (χ2v) is 4.21. The fraction of sp³-hybridized carbons (Fsp3) is 0.417. The van der Waals surface area contributed by atoms with Gasteiger partial charge in [-0.25, -0.2) is 4.52 Å². The first-order valence-electron chi connectivity index (χ1n) is 5.57. The van der Waals surface area contributed by atoms with Gasteiger partial charge in [0.1, 0.15) is 0 Å². The van der Waals surface area contributed by atoms with Gasteiger partial charge in [0.15, 0.2) is 0 Å². The van der Waals surface area contributed by atoms with Gasteiger partial charge in [0, 0.05) is 18.9 Å². The predicted octanol–water partition coefficient (Wildman–Crippen LogP) is 1.80. The Labute approximate surface area is 89.1 Å². The molecule has 3 nitrogen and oxygen atoms in total. The molecule has 1 aliphatic rings. The second-order valence-electron chi connectivity index (χ2n) is 4.21. The van der Waals surface area contributed by atoms with E-state index in [9.17, 15) is 0 Å².